The Balaban J connectivity index is 3.03. The standard InChI is InChI=1S/C13H18O3/c1-4-5-7-10(14)13-11(15-2)8-6-9-12(13)16-3/h6,8-9H,4-5,7H2,1-3H3. The molecule has 0 radical (unpaired) electrons. The number of ketones is 1. The summed E-state index contributed by atoms with van der Waals surface area (Å²) in [6.45, 7) is 2.06. The van der Waals surface area contributed by atoms with E-state index in [1.807, 2.05) is 6.07 Å². The number of carbonyl (C=O) groups excluding carboxylic acids is 1. The number of hydrogen-bond acceptors (Lipinski definition) is 3. The van der Waals surface area contributed by atoms with E-state index in [1.54, 1.807) is 26.4 Å². The third kappa shape index (κ3) is 2.75. The molecular formula is C13H18O3. The van der Waals surface area contributed by atoms with Crippen molar-refractivity contribution >= 4 is 5.78 Å². The number of hydrogen-bond donors (Lipinski definition) is 0. The van der Waals surface area contributed by atoms with Gasteiger partial charge in [-0.3, -0.25) is 4.79 Å². The van der Waals surface area contributed by atoms with Crippen molar-refractivity contribution in [3.05, 3.63) is 23.8 Å². The molecule has 0 saturated heterocycles. The topological polar surface area (TPSA) is 35.5 Å². The number of carbonyl (C=O) groups is 1. The fourth-order valence-corrected chi connectivity index (χ4v) is 1.59. The van der Waals surface area contributed by atoms with Gasteiger partial charge in [0, 0.05) is 6.42 Å². The van der Waals surface area contributed by atoms with Crippen LogP contribution in [0.25, 0.3) is 0 Å². The van der Waals surface area contributed by atoms with Crippen molar-refractivity contribution in [2.75, 3.05) is 14.2 Å². The van der Waals surface area contributed by atoms with Crippen molar-refractivity contribution in [3.8, 4) is 11.5 Å². The van der Waals surface area contributed by atoms with Gasteiger partial charge in [-0.2, -0.15) is 0 Å². The van der Waals surface area contributed by atoms with Crippen LogP contribution >= 0.6 is 0 Å². The molecule has 3 heteroatoms. The lowest BCUT2D eigenvalue weighted by Crippen LogP contribution is -2.04. The lowest BCUT2D eigenvalue weighted by Gasteiger charge is -2.11. The minimum atomic E-state index is 0.0798. The van der Waals surface area contributed by atoms with Crippen molar-refractivity contribution in [3.63, 3.8) is 0 Å². The van der Waals surface area contributed by atoms with Gasteiger partial charge in [0.25, 0.3) is 0 Å². The number of Topliss-reactive ketones (excluding diaryl/α,β-unsaturated/α-hetero) is 1. The van der Waals surface area contributed by atoms with Gasteiger partial charge in [-0.05, 0) is 18.6 Å². The summed E-state index contributed by atoms with van der Waals surface area (Å²) in [5.41, 5.74) is 0.556. The van der Waals surface area contributed by atoms with E-state index in [0.29, 0.717) is 23.5 Å². The highest BCUT2D eigenvalue weighted by Gasteiger charge is 2.16. The molecule has 0 aliphatic rings. The smallest absolute Gasteiger partial charge is 0.170 e. The molecule has 0 fully saturated rings. The van der Waals surface area contributed by atoms with E-state index in [2.05, 4.69) is 6.92 Å². The van der Waals surface area contributed by atoms with Crippen molar-refractivity contribution in [2.45, 2.75) is 26.2 Å². The maximum atomic E-state index is 12.0. The van der Waals surface area contributed by atoms with Crippen molar-refractivity contribution in [1.29, 1.82) is 0 Å². The van der Waals surface area contributed by atoms with Crippen LogP contribution in [0.2, 0.25) is 0 Å². The number of ether oxygens (including phenoxy) is 2. The highest BCUT2D eigenvalue weighted by molar-refractivity contribution is 6.01. The van der Waals surface area contributed by atoms with Crippen LogP contribution in [0, 0.1) is 0 Å². The van der Waals surface area contributed by atoms with E-state index >= 15 is 0 Å². The van der Waals surface area contributed by atoms with E-state index in [0.717, 1.165) is 12.8 Å². The average molecular weight is 222 g/mol. The van der Waals surface area contributed by atoms with Crippen molar-refractivity contribution < 1.29 is 14.3 Å². The molecule has 0 aromatic heterocycles. The van der Waals surface area contributed by atoms with Gasteiger partial charge in [0.15, 0.2) is 5.78 Å². The zero-order valence-electron chi connectivity index (χ0n) is 10.1. The number of rotatable bonds is 6. The summed E-state index contributed by atoms with van der Waals surface area (Å²) in [6, 6.07) is 5.37. The van der Waals surface area contributed by atoms with E-state index in [4.69, 9.17) is 9.47 Å². The molecule has 88 valence electrons. The first-order valence-corrected chi connectivity index (χ1v) is 5.48. The highest BCUT2D eigenvalue weighted by atomic mass is 16.5. The molecule has 1 aromatic rings. The SMILES string of the molecule is CCCCC(=O)c1c(OC)cccc1OC. The summed E-state index contributed by atoms with van der Waals surface area (Å²) in [6.07, 6.45) is 2.43. The second-order valence-electron chi connectivity index (χ2n) is 3.56. The van der Waals surface area contributed by atoms with Gasteiger partial charge in [-0.25, -0.2) is 0 Å². The number of unbranched alkanes of at least 4 members (excludes halogenated alkanes) is 1. The molecule has 0 unspecified atom stereocenters. The second kappa shape index (κ2) is 6.16. The number of benzene rings is 1. The average Bonchev–Trinajstić information content (AvgIpc) is 2.34. The Morgan fingerprint density at radius 2 is 1.75 bits per heavy atom. The first-order valence-electron chi connectivity index (χ1n) is 5.48. The lowest BCUT2D eigenvalue weighted by molar-refractivity contribution is 0.0973. The van der Waals surface area contributed by atoms with Crippen LogP contribution in [-0.4, -0.2) is 20.0 Å². The van der Waals surface area contributed by atoms with Crippen LogP contribution in [0.15, 0.2) is 18.2 Å². The molecule has 0 heterocycles. The summed E-state index contributed by atoms with van der Waals surface area (Å²) in [7, 11) is 3.12. The molecule has 1 aromatic carbocycles. The Labute approximate surface area is 96.4 Å². The molecular weight excluding hydrogens is 204 g/mol. The van der Waals surface area contributed by atoms with Gasteiger partial charge in [0.05, 0.1) is 14.2 Å². The van der Waals surface area contributed by atoms with Crippen molar-refractivity contribution in [1.82, 2.24) is 0 Å². The summed E-state index contributed by atoms with van der Waals surface area (Å²) < 4.78 is 10.4. The minimum Gasteiger partial charge on any atom is -0.496 e. The van der Waals surface area contributed by atoms with Crippen LogP contribution in [0.3, 0.4) is 0 Å². The molecule has 0 aliphatic carbocycles. The van der Waals surface area contributed by atoms with Gasteiger partial charge in [-0.1, -0.05) is 19.4 Å². The van der Waals surface area contributed by atoms with Crippen LogP contribution in [0.1, 0.15) is 36.5 Å². The van der Waals surface area contributed by atoms with Gasteiger partial charge in [0.2, 0.25) is 0 Å². The molecule has 3 nitrogen and oxygen atoms in total. The third-order valence-electron chi connectivity index (χ3n) is 2.46. The van der Waals surface area contributed by atoms with E-state index in [9.17, 15) is 4.79 Å². The molecule has 0 amide bonds. The monoisotopic (exact) mass is 222 g/mol. The fourth-order valence-electron chi connectivity index (χ4n) is 1.59. The van der Waals surface area contributed by atoms with Gasteiger partial charge < -0.3 is 9.47 Å². The summed E-state index contributed by atoms with van der Waals surface area (Å²) >= 11 is 0. The maximum absolute atomic E-state index is 12.0. The van der Waals surface area contributed by atoms with Gasteiger partial charge in [-0.15, -0.1) is 0 Å². The molecule has 0 atom stereocenters. The van der Waals surface area contributed by atoms with E-state index in [-0.39, 0.29) is 5.78 Å². The molecule has 0 aliphatic heterocycles. The highest BCUT2D eigenvalue weighted by Crippen LogP contribution is 2.29. The Morgan fingerprint density at radius 1 is 1.19 bits per heavy atom. The fraction of sp³-hybridized carbons (Fsp3) is 0.462. The Hall–Kier alpha value is -1.51. The zero-order valence-corrected chi connectivity index (χ0v) is 10.1. The molecule has 0 saturated carbocycles. The predicted octanol–water partition coefficient (Wildman–Crippen LogP) is 3.08. The van der Waals surface area contributed by atoms with Crippen molar-refractivity contribution in [2.24, 2.45) is 0 Å². The largest absolute Gasteiger partial charge is 0.496 e. The normalized spacial score (nSPS) is 9.94. The van der Waals surface area contributed by atoms with Gasteiger partial charge >= 0.3 is 0 Å². The first-order chi connectivity index (χ1) is 7.74. The molecule has 16 heavy (non-hydrogen) atoms. The van der Waals surface area contributed by atoms with Crippen LogP contribution in [-0.2, 0) is 0 Å². The molecule has 0 spiro atoms. The minimum absolute atomic E-state index is 0.0798. The van der Waals surface area contributed by atoms with E-state index in [1.165, 1.54) is 0 Å². The predicted molar refractivity (Wildman–Crippen MR) is 63.4 cm³/mol. The third-order valence-corrected chi connectivity index (χ3v) is 2.46. The Kier molecular flexibility index (Phi) is 4.83. The molecule has 1 rings (SSSR count). The molecule has 0 N–H and O–H groups in total. The molecule has 0 bridgehead atoms. The summed E-state index contributed by atoms with van der Waals surface area (Å²) in [4.78, 5) is 12.0. The van der Waals surface area contributed by atoms with Crippen LogP contribution in [0.5, 0.6) is 11.5 Å². The Bertz CT molecular complexity index is 336. The van der Waals surface area contributed by atoms with E-state index < -0.39 is 0 Å². The van der Waals surface area contributed by atoms with Crippen LogP contribution in [0.4, 0.5) is 0 Å². The van der Waals surface area contributed by atoms with Crippen LogP contribution < -0.4 is 9.47 Å². The Morgan fingerprint density at radius 3 is 2.19 bits per heavy atom. The number of methoxy groups -OCH3 is 2. The zero-order chi connectivity index (χ0) is 12.0. The second-order valence-corrected chi connectivity index (χ2v) is 3.56. The first kappa shape index (κ1) is 12.6. The quantitative estimate of drug-likeness (QED) is 0.694. The summed E-state index contributed by atoms with van der Waals surface area (Å²) in [5.74, 6) is 1.25. The van der Waals surface area contributed by atoms with Gasteiger partial charge in [0.1, 0.15) is 17.1 Å². The summed E-state index contributed by atoms with van der Waals surface area (Å²) in [5, 5.41) is 0. The maximum Gasteiger partial charge on any atom is 0.170 e. The lowest BCUT2D eigenvalue weighted by atomic mass is 10.0.